The highest BCUT2D eigenvalue weighted by Crippen LogP contribution is 2.42. The minimum absolute atomic E-state index is 0.00744. The average molecular weight is 344 g/mol. The van der Waals surface area contributed by atoms with E-state index in [0.717, 1.165) is 31.0 Å². The Hall–Kier alpha value is -2.70. The van der Waals surface area contributed by atoms with Gasteiger partial charge in [-0.15, -0.1) is 0 Å². The largest absolute Gasteiger partial charge is 0.366 e. The lowest BCUT2D eigenvalue weighted by Gasteiger charge is -2.14. The summed E-state index contributed by atoms with van der Waals surface area (Å²) in [7, 11) is 0. The number of aromatic nitrogens is 2. The summed E-state index contributed by atoms with van der Waals surface area (Å²) in [6.07, 6.45) is 4.52. The van der Waals surface area contributed by atoms with Crippen LogP contribution in [0.2, 0.25) is 0 Å². The van der Waals surface area contributed by atoms with Crippen LogP contribution in [0, 0.1) is 5.82 Å². The van der Waals surface area contributed by atoms with Crippen molar-refractivity contribution in [3.05, 3.63) is 47.0 Å². The van der Waals surface area contributed by atoms with Crippen molar-refractivity contribution >= 4 is 17.5 Å². The first-order valence-corrected chi connectivity index (χ1v) is 8.40. The van der Waals surface area contributed by atoms with Gasteiger partial charge < -0.3 is 11.1 Å². The molecule has 3 N–H and O–H groups in total. The van der Waals surface area contributed by atoms with Crippen LogP contribution < -0.4 is 11.1 Å². The Kier molecular flexibility index (Phi) is 4.57. The third-order valence-electron chi connectivity index (χ3n) is 4.55. The standard InChI is InChI=1S/C18H21FN4O2/c1-3-10(2)23-16(11-4-5-11)13(9-21-23)18(25)22-15-7-6-12(17(20)24)8-14(15)19/h6-11H,3-5H2,1-2H3,(H2,20,24)(H,22,25). The number of nitrogens with one attached hydrogen (secondary N) is 1. The second-order valence-electron chi connectivity index (χ2n) is 6.43. The third kappa shape index (κ3) is 3.40. The zero-order chi connectivity index (χ0) is 18.1. The minimum atomic E-state index is -0.720. The predicted molar refractivity (Wildman–Crippen MR) is 92.1 cm³/mol. The first kappa shape index (κ1) is 17.1. The average Bonchev–Trinajstić information content (AvgIpc) is 3.33. The van der Waals surface area contributed by atoms with Crippen LogP contribution in [0.4, 0.5) is 10.1 Å². The van der Waals surface area contributed by atoms with Crippen molar-refractivity contribution in [2.45, 2.75) is 45.1 Å². The molecule has 1 fully saturated rings. The minimum Gasteiger partial charge on any atom is -0.366 e. The zero-order valence-electron chi connectivity index (χ0n) is 14.3. The number of amides is 2. The number of hydrogen-bond acceptors (Lipinski definition) is 3. The summed E-state index contributed by atoms with van der Waals surface area (Å²) >= 11 is 0. The van der Waals surface area contributed by atoms with Gasteiger partial charge in [0.2, 0.25) is 5.91 Å². The lowest BCUT2D eigenvalue weighted by molar-refractivity contribution is 0.0998. The fourth-order valence-corrected chi connectivity index (χ4v) is 2.79. The van der Waals surface area contributed by atoms with E-state index >= 15 is 0 Å². The Morgan fingerprint density at radius 3 is 2.72 bits per heavy atom. The normalized spacial score (nSPS) is 15.0. The molecule has 1 aromatic carbocycles. The molecule has 25 heavy (non-hydrogen) atoms. The fourth-order valence-electron chi connectivity index (χ4n) is 2.79. The number of benzene rings is 1. The Morgan fingerprint density at radius 1 is 1.44 bits per heavy atom. The van der Waals surface area contributed by atoms with Crippen molar-refractivity contribution in [1.82, 2.24) is 9.78 Å². The molecule has 1 aliphatic rings. The van der Waals surface area contributed by atoms with E-state index in [4.69, 9.17) is 5.73 Å². The van der Waals surface area contributed by atoms with Gasteiger partial charge in [0.1, 0.15) is 5.82 Å². The van der Waals surface area contributed by atoms with E-state index in [1.165, 1.54) is 12.1 Å². The summed E-state index contributed by atoms with van der Waals surface area (Å²) in [5, 5.41) is 6.94. The van der Waals surface area contributed by atoms with Gasteiger partial charge in [-0.05, 0) is 44.4 Å². The maximum absolute atomic E-state index is 14.1. The highest BCUT2D eigenvalue weighted by Gasteiger charge is 2.33. The van der Waals surface area contributed by atoms with Crippen molar-refractivity contribution in [1.29, 1.82) is 0 Å². The number of hydrogen-bond donors (Lipinski definition) is 2. The number of anilines is 1. The number of nitrogens with two attached hydrogens (primary N) is 1. The second-order valence-corrected chi connectivity index (χ2v) is 6.43. The van der Waals surface area contributed by atoms with Crippen LogP contribution >= 0.6 is 0 Å². The number of rotatable bonds is 6. The van der Waals surface area contributed by atoms with Crippen LogP contribution in [0.3, 0.4) is 0 Å². The summed E-state index contributed by atoms with van der Waals surface area (Å²) in [4.78, 5) is 23.7. The molecule has 1 aliphatic carbocycles. The maximum Gasteiger partial charge on any atom is 0.259 e. The van der Waals surface area contributed by atoms with Crippen LogP contribution in [0.25, 0.3) is 0 Å². The highest BCUT2D eigenvalue weighted by atomic mass is 19.1. The summed E-state index contributed by atoms with van der Waals surface area (Å²) in [6.45, 7) is 4.13. The van der Waals surface area contributed by atoms with Crippen LogP contribution in [0.5, 0.6) is 0 Å². The molecule has 1 atom stereocenters. The van der Waals surface area contributed by atoms with Gasteiger partial charge in [-0.1, -0.05) is 6.92 Å². The molecular weight excluding hydrogens is 323 g/mol. The number of nitrogens with zero attached hydrogens (tertiary/aromatic N) is 2. The zero-order valence-corrected chi connectivity index (χ0v) is 14.3. The fraction of sp³-hybridized carbons (Fsp3) is 0.389. The molecule has 2 amide bonds. The predicted octanol–water partition coefficient (Wildman–Crippen LogP) is 3.22. The van der Waals surface area contributed by atoms with Crippen LogP contribution in [0.15, 0.2) is 24.4 Å². The second kappa shape index (κ2) is 6.66. The van der Waals surface area contributed by atoms with Gasteiger partial charge in [-0.25, -0.2) is 4.39 Å². The van der Waals surface area contributed by atoms with Crippen LogP contribution in [-0.4, -0.2) is 21.6 Å². The van der Waals surface area contributed by atoms with Gasteiger partial charge in [-0.3, -0.25) is 14.3 Å². The molecule has 2 aromatic rings. The van der Waals surface area contributed by atoms with Crippen molar-refractivity contribution in [2.75, 3.05) is 5.32 Å². The Balaban J connectivity index is 1.87. The number of carbonyl (C=O) groups is 2. The summed E-state index contributed by atoms with van der Waals surface area (Å²) in [5.41, 5.74) is 6.58. The van der Waals surface area contributed by atoms with Gasteiger partial charge in [0.05, 0.1) is 23.1 Å². The Morgan fingerprint density at radius 2 is 2.16 bits per heavy atom. The Bertz CT molecular complexity index is 826. The van der Waals surface area contributed by atoms with E-state index in [9.17, 15) is 14.0 Å². The molecule has 0 radical (unpaired) electrons. The molecule has 0 aliphatic heterocycles. The first-order valence-electron chi connectivity index (χ1n) is 8.40. The molecule has 132 valence electrons. The van der Waals surface area contributed by atoms with Crippen molar-refractivity contribution in [3.63, 3.8) is 0 Å². The lowest BCUT2D eigenvalue weighted by atomic mass is 10.1. The van der Waals surface area contributed by atoms with Gasteiger partial charge in [0.15, 0.2) is 0 Å². The number of carbonyl (C=O) groups excluding carboxylic acids is 2. The summed E-state index contributed by atoms with van der Waals surface area (Å²) in [5.74, 6) is -1.49. The molecule has 6 nitrogen and oxygen atoms in total. The first-order chi connectivity index (χ1) is 11.9. The van der Waals surface area contributed by atoms with Gasteiger partial charge >= 0.3 is 0 Å². The number of halogens is 1. The van der Waals surface area contributed by atoms with E-state index in [1.54, 1.807) is 6.20 Å². The molecule has 7 heteroatoms. The van der Waals surface area contributed by atoms with E-state index in [1.807, 2.05) is 4.68 Å². The summed E-state index contributed by atoms with van der Waals surface area (Å²) < 4.78 is 16.0. The monoisotopic (exact) mass is 344 g/mol. The van der Waals surface area contributed by atoms with E-state index in [2.05, 4.69) is 24.3 Å². The molecule has 1 unspecified atom stereocenters. The summed E-state index contributed by atoms with van der Waals surface area (Å²) in [6, 6.07) is 3.93. The molecule has 3 rings (SSSR count). The molecule has 0 spiro atoms. The van der Waals surface area contributed by atoms with Crippen molar-refractivity contribution < 1.29 is 14.0 Å². The lowest BCUT2D eigenvalue weighted by Crippen LogP contribution is -2.17. The SMILES string of the molecule is CCC(C)n1ncc(C(=O)Nc2ccc(C(N)=O)cc2F)c1C1CC1. The highest BCUT2D eigenvalue weighted by molar-refractivity contribution is 6.05. The van der Waals surface area contributed by atoms with Crippen molar-refractivity contribution in [3.8, 4) is 0 Å². The van der Waals surface area contributed by atoms with Gasteiger partial charge in [0, 0.05) is 17.5 Å². The van der Waals surface area contributed by atoms with Crippen LogP contribution in [0.1, 0.15) is 71.5 Å². The molecule has 0 saturated heterocycles. The van der Waals surface area contributed by atoms with Crippen molar-refractivity contribution in [2.24, 2.45) is 5.73 Å². The van der Waals surface area contributed by atoms with Crippen LogP contribution in [-0.2, 0) is 0 Å². The Labute approximate surface area is 145 Å². The molecule has 1 saturated carbocycles. The van der Waals surface area contributed by atoms with E-state index < -0.39 is 17.6 Å². The maximum atomic E-state index is 14.1. The van der Waals surface area contributed by atoms with E-state index in [-0.39, 0.29) is 17.3 Å². The van der Waals surface area contributed by atoms with Gasteiger partial charge in [0.25, 0.3) is 5.91 Å². The smallest absolute Gasteiger partial charge is 0.259 e. The molecule has 1 heterocycles. The van der Waals surface area contributed by atoms with E-state index in [0.29, 0.717) is 11.5 Å². The number of primary amides is 1. The molecular formula is C18H21FN4O2. The third-order valence-corrected chi connectivity index (χ3v) is 4.55. The van der Waals surface area contributed by atoms with Gasteiger partial charge in [-0.2, -0.15) is 5.10 Å². The molecule has 1 aromatic heterocycles. The quantitative estimate of drug-likeness (QED) is 0.843. The topological polar surface area (TPSA) is 90.0 Å². The molecule has 0 bridgehead atoms.